The highest BCUT2D eigenvalue weighted by Crippen LogP contribution is 2.32. The summed E-state index contributed by atoms with van der Waals surface area (Å²) in [5, 5.41) is 0. The van der Waals surface area contributed by atoms with E-state index < -0.39 is 0 Å². The molecule has 92 valence electrons. The minimum atomic E-state index is 0.0614. The lowest BCUT2D eigenvalue weighted by atomic mass is 9.89. The summed E-state index contributed by atoms with van der Waals surface area (Å²) in [5.74, 6) is 0.0614. The van der Waals surface area contributed by atoms with Gasteiger partial charge in [-0.05, 0) is 25.3 Å². The molecule has 0 radical (unpaired) electrons. The predicted molar refractivity (Wildman–Crippen MR) is 73.3 cm³/mol. The maximum atomic E-state index is 12.1. The highest BCUT2D eigenvalue weighted by atomic mass is 16.1. The van der Waals surface area contributed by atoms with E-state index in [0.717, 1.165) is 24.2 Å². The molecule has 2 aliphatic rings. The molecule has 0 aromatic heterocycles. The van der Waals surface area contributed by atoms with E-state index in [4.69, 9.17) is 0 Å². The molecule has 0 amide bonds. The minimum Gasteiger partial charge on any atom is -0.371 e. The minimum absolute atomic E-state index is 0.0614. The van der Waals surface area contributed by atoms with Crippen molar-refractivity contribution in [2.45, 2.75) is 19.3 Å². The second-order valence-corrected chi connectivity index (χ2v) is 4.98. The Labute approximate surface area is 108 Å². The van der Waals surface area contributed by atoms with E-state index >= 15 is 0 Å². The van der Waals surface area contributed by atoms with Gasteiger partial charge in [0.25, 0.3) is 0 Å². The number of Topliss-reactive ketones (excluding diaryl/α,β-unsaturated/α-hetero) is 1. The van der Waals surface area contributed by atoms with Crippen LogP contribution in [-0.4, -0.2) is 23.8 Å². The summed E-state index contributed by atoms with van der Waals surface area (Å²) >= 11 is 0. The lowest BCUT2D eigenvalue weighted by Crippen LogP contribution is -2.30. The van der Waals surface area contributed by atoms with Crippen LogP contribution in [0.3, 0.4) is 0 Å². The van der Waals surface area contributed by atoms with Crippen LogP contribution in [0, 0.1) is 0 Å². The standard InChI is InChI=1S/C16H17NO/c1-12-11-15(17-9-5-2-6-10-17)13-7-3-4-8-14(13)16(12)18/h3-4,7-8,11H,1-2,5-6,9-10H2. The number of carbonyl (C=O) groups excluding carboxylic acids is 1. The summed E-state index contributed by atoms with van der Waals surface area (Å²) < 4.78 is 0. The van der Waals surface area contributed by atoms with Crippen LogP contribution in [0.5, 0.6) is 0 Å². The molecule has 1 aliphatic carbocycles. The van der Waals surface area contributed by atoms with Gasteiger partial charge < -0.3 is 4.90 Å². The molecule has 1 aromatic rings. The molecule has 2 heteroatoms. The van der Waals surface area contributed by atoms with Crippen LogP contribution in [0.25, 0.3) is 5.70 Å². The fraction of sp³-hybridized carbons (Fsp3) is 0.312. The fourth-order valence-corrected chi connectivity index (χ4v) is 2.78. The number of hydrogen-bond acceptors (Lipinski definition) is 2. The van der Waals surface area contributed by atoms with Gasteiger partial charge >= 0.3 is 0 Å². The second-order valence-electron chi connectivity index (χ2n) is 4.98. The maximum Gasteiger partial charge on any atom is 0.193 e. The molecule has 0 saturated carbocycles. The van der Waals surface area contributed by atoms with Gasteiger partial charge in [0.1, 0.15) is 0 Å². The van der Waals surface area contributed by atoms with Crippen LogP contribution < -0.4 is 0 Å². The summed E-state index contributed by atoms with van der Waals surface area (Å²) in [4.78, 5) is 14.5. The summed E-state index contributed by atoms with van der Waals surface area (Å²) in [7, 11) is 0. The molecule has 0 atom stereocenters. The van der Waals surface area contributed by atoms with Crippen molar-refractivity contribution in [3.8, 4) is 0 Å². The van der Waals surface area contributed by atoms with Gasteiger partial charge in [-0.25, -0.2) is 0 Å². The number of hydrogen-bond donors (Lipinski definition) is 0. The van der Waals surface area contributed by atoms with Gasteiger partial charge in [-0.1, -0.05) is 30.8 Å². The average Bonchev–Trinajstić information content (AvgIpc) is 2.44. The van der Waals surface area contributed by atoms with Crippen molar-refractivity contribution < 1.29 is 4.79 Å². The van der Waals surface area contributed by atoms with Crippen molar-refractivity contribution >= 4 is 11.5 Å². The Bertz CT molecular complexity index is 536. The van der Waals surface area contributed by atoms with Gasteiger partial charge in [0, 0.05) is 35.5 Å². The first-order chi connectivity index (χ1) is 8.77. The third-order valence-electron chi connectivity index (χ3n) is 3.75. The largest absolute Gasteiger partial charge is 0.371 e. The number of benzene rings is 1. The van der Waals surface area contributed by atoms with Crippen molar-refractivity contribution in [3.05, 3.63) is 53.6 Å². The van der Waals surface area contributed by atoms with Gasteiger partial charge in [-0.2, -0.15) is 0 Å². The molecule has 2 nitrogen and oxygen atoms in total. The summed E-state index contributed by atoms with van der Waals surface area (Å²) in [6.07, 6.45) is 5.74. The van der Waals surface area contributed by atoms with E-state index in [1.165, 1.54) is 25.0 Å². The van der Waals surface area contributed by atoms with Crippen LogP contribution in [0.2, 0.25) is 0 Å². The first-order valence-electron chi connectivity index (χ1n) is 6.57. The van der Waals surface area contributed by atoms with Gasteiger partial charge in [0.05, 0.1) is 0 Å². The average molecular weight is 239 g/mol. The van der Waals surface area contributed by atoms with Crippen molar-refractivity contribution in [2.24, 2.45) is 0 Å². The Hall–Kier alpha value is -1.83. The topological polar surface area (TPSA) is 20.3 Å². The molecule has 0 bridgehead atoms. The molecule has 0 spiro atoms. The monoisotopic (exact) mass is 239 g/mol. The Balaban J connectivity index is 2.05. The number of ketones is 1. The van der Waals surface area contributed by atoms with Gasteiger partial charge in [0.15, 0.2) is 5.78 Å². The summed E-state index contributed by atoms with van der Waals surface area (Å²) in [5.41, 5.74) is 3.64. The molecular weight excluding hydrogens is 222 g/mol. The molecule has 3 rings (SSSR count). The zero-order chi connectivity index (χ0) is 12.5. The van der Waals surface area contributed by atoms with E-state index in [1.807, 2.05) is 30.3 Å². The third kappa shape index (κ3) is 1.78. The van der Waals surface area contributed by atoms with Crippen LogP contribution >= 0.6 is 0 Å². The van der Waals surface area contributed by atoms with Crippen LogP contribution in [0.15, 0.2) is 42.5 Å². The Morgan fingerprint density at radius 1 is 1.00 bits per heavy atom. The Morgan fingerprint density at radius 2 is 1.67 bits per heavy atom. The van der Waals surface area contributed by atoms with Crippen molar-refractivity contribution in [1.29, 1.82) is 0 Å². The van der Waals surface area contributed by atoms with E-state index in [2.05, 4.69) is 11.5 Å². The highest BCUT2D eigenvalue weighted by Gasteiger charge is 2.25. The van der Waals surface area contributed by atoms with Gasteiger partial charge in [-0.3, -0.25) is 4.79 Å². The first kappa shape index (κ1) is 11.3. The van der Waals surface area contributed by atoms with Crippen molar-refractivity contribution in [3.63, 3.8) is 0 Å². The van der Waals surface area contributed by atoms with E-state index in [9.17, 15) is 4.79 Å². The molecule has 1 aliphatic heterocycles. The first-order valence-corrected chi connectivity index (χ1v) is 6.57. The van der Waals surface area contributed by atoms with E-state index in [0.29, 0.717) is 5.57 Å². The number of carbonyl (C=O) groups is 1. The van der Waals surface area contributed by atoms with E-state index in [-0.39, 0.29) is 5.78 Å². The fourth-order valence-electron chi connectivity index (χ4n) is 2.78. The second kappa shape index (κ2) is 4.45. The zero-order valence-electron chi connectivity index (χ0n) is 10.5. The van der Waals surface area contributed by atoms with Crippen LogP contribution in [-0.2, 0) is 0 Å². The molecule has 0 N–H and O–H groups in total. The number of likely N-dealkylation sites (tertiary alicyclic amines) is 1. The molecule has 1 aromatic carbocycles. The smallest absolute Gasteiger partial charge is 0.193 e. The number of fused-ring (bicyclic) bond motifs is 1. The summed E-state index contributed by atoms with van der Waals surface area (Å²) in [6, 6.07) is 7.86. The molecule has 1 saturated heterocycles. The van der Waals surface area contributed by atoms with Crippen molar-refractivity contribution in [1.82, 2.24) is 4.90 Å². The SMILES string of the molecule is C=C1C=C(N2CCCCC2)c2ccccc2C1=O. The summed E-state index contributed by atoms with van der Waals surface area (Å²) in [6.45, 7) is 6.06. The maximum absolute atomic E-state index is 12.1. The Morgan fingerprint density at radius 3 is 2.39 bits per heavy atom. The molecule has 18 heavy (non-hydrogen) atoms. The lowest BCUT2D eigenvalue weighted by molar-refractivity contribution is 0.103. The van der Waals surface area contributed by atoms with Crippen LogP contribution in [0.4, 0.5) is 0 Å². The molecule has 1 heterocycles. The number of nitrogens with zero attached hydrogens (tertiary/aromatic N) is 1. The number of piperidine rings is 1. The lowest BCUT2D eigenvalue weighted by Gasteiger charge is -2.33. The quantitative estimate of drug-likeness (QED) is 0.701. The predicted octanol–water partition coefficient (Wildman–Crippen LogP) is 3.27. The molecular formula is C16H17NO. The normalized spacial score (nSPS) is 19.6. The van der Waals surface area contributed by atoms with Gasteiger partial charge in [0.2, 0.25) is 0 Å². The molecule has 0 unspecified atom stereocenters. The Kier molecular flexibility index (Phi) is 2.78. The molecule has 1 fully saturated rings. The van der Waals surface area contributed by atoms with Gasteiger partial charge in [-0.15, -0.1) is 0 Å². The van der Waals surface area contributed by atoms with Crippen LogP contribution in [0.1, 0.15) is 35.2 Å². The van der Waals surface area contributed by atoms with Crippen molar-refractivity contribution in [2.75, 3.05) is 13.1 Å². The number of allylic oxidation sites excluding steroid dienone is 2. The highest BCUT2D eigenvalue weighted by molar-refractivity contribution is 6.16. The number of rotatable bonds is 1. The third-order valence-corrected chi connectivity index (χ3v) is 3.75. The zero-order valence-corrected chi connectivity index (χ0v) is 10.5. The van der Waals surface area contributed by atoms with E-state index in [1.54, 1.807) is 0 Å².